The molecule has 148 valence electrons. The lowest BCUT2D eigenvalue weighted by molar-refractivity contribution is -0.139. The lowest BCUT2D eigenvalue weighted by Gasteiger charge is -2.20. The predicted octanol–water partition coefficient (Wildman–Crippen LogP) is 4.31. The molecular formula is C14H13ClF6N6. The number of nitrogens with zero attached hydrogens (tertiary/aromatic N) is 4. The van der Waals surface area contributed by atoms with E-state index in [9.17, 15) is 26.3 Å². The molecule has 0 bridgehead atoms. The van der Waals surface area contributed by atoms with Crippen molar-refractivity contribution in [3.05, 3.63) is 23.3 Å². The lowest BCUT2D eigenvalue weighted by Crippen LogP contribution is -2.35. The minimum absolute atomic E-state index is 0.385. The van der Waals surface area contributed by atoms with Crippen molar-refractivity contribution in [1.29, 1.82) is 0 Å². The molecule has 0 amide bonds. The summed E-state index contributed by atoms with van der Waals surface area (Å²) in [6.45, 7) is 0.769. The van der Waals surface area contributed by atoms with E-state index in [-0.39, 0.29) is 0 Å². The molecule has 0 aliphatic heterocycles. The molecule has 0 saturated heterocycles. The number of rotatable bonds is 5. The quantitative estimate of drug-likeness (QED) is 0.555. The van der Waals surface area contributed by atoms with Crippen LogP contribution in [0, 0.1) is 0 Å². The fourth-order valence-corrected chi connectivity index (χ4v) is 1.60. The highest BCUT2D eigenvalue weighted by atomic mass is 35.5. The summed E-state index contributed by atoms with van der Waals surface area (Å²) in [6.07, 6.45) is -10.3. The van der Waals surface area contributed by atoms with Gasteiger partial charge in [0.1, 0.15) is 22.9 Å². The van der Waals surface area contributed by atoms with Crippen molar-refractivity contribution in [3.8, 4) is 11.5 Å². The molecule has 2 aromatic rings. The maximum absolute atomic E-state index is 13.1. The maximum Gasteiger partial charge on any atom is 0.408 e. The van der Waals surface area contributed by atoms with Crippen molar-refractivity contribution < 1.29 is 33.2 Å². The van der Waals surface area contributed by atoms with Crippen LogP contribution in [0.2, 0.25) is 5.15 Å². The monoisotopic (exact) mass is 419 g/mol. The molecule has 13 heteroatoms. The minimum atomic E-state index is -5.16. The minimum Gasteiger partial charge on any atom is -0.343 e. The first-order valence-electron chi connectivity index (χ1n) is 9.36. The summed E-state index contributed by atoms with van der Waals surface area (Å²) in [5, 5.41) is 2.56. The highest BCUT2D eigenvalue weighted by Crippen LogP contribution is 2.26. The summed E-state index contributed by atoms with van der Waals surface area (Å²) < 4.78 is 116. The molecule has 0 aromatic carbocycles. The number of nitrogens with one attached hydrogen (secondary N) is 2. The second kappa shape index (κ2) is 7.71. The van der Waals surface area contributed by atoms with E-state index in [4.69, 9.17) is 18.5 Å². The Morgan fingerprint density at radius 3 is 1.85 bits per heavy atom. The summed E-state index contributed by atoms with van der Waals surface area (Å²) in [6, 6.07) is -8.99. The van der Waals surface area contributed by atoms with E-state index < -0.39 is 71.1 Å². The van der Waals surface area contributed by atoms with Crippen LogP contribution in [0.3, 0.4) is 0 Å². The van der Waals surface area contributed by atoms with Crippen LogP contribution in [0.4, 0.5) is 38.2 Å². The highest BCUT2D eigenvalue weighted by Gasteiger charge is 2.38. The molecule has 6 nitrogen and oxygen atoms in total. The zero-order valence-corrected chi connectivity index (χ0v) is 14.2. The third-order valence-electron chi connectivity index (χ3n) is 2.85. The average molecular weight is 420 g/mol. The standard InChI is InChI=1S/C14H13ClF6N6/c1-6(13(16,17)18)22-11-25-10(8-4-3-5-9(15)24-8)26-12(27-11)23-7(2)14(19,20)21/h3-7H,1-2H3,(H2,22,23,25,26,27)/i3D,4D,5D,6D,7D. The third-order valence-corrected chi connectivity index (χ3v) is 3.03. The van der Waals surface area contributed by atoms with Crippen molar-refractivity contribution in [2.24, 2.45) is 0 Å². The Morgan fingerprint density at radius 1 is 0.926 bits per heavy atom. The van der Waals surface area contributed by atoms with E-state index >= 15 is 0 Å². The number of hydrogen-bond donors (Lipinski definition) is 2. The van der Waals surface area contributed by atoms with Crippen LogP contribution in [0.1, 0.15) is 20.7 Å². The summed E-state index contributed by atoms with van der Waals surface area (Å²) in [7, 11) is 0. The van der Waals surface area contributed by atoms with Gasteiger partial charge in [0, 0.05) is 0 Å². The van der Waals surface area contributed by atoms with Crippen LogP contribution in [0.15, 0.2) is 18.1 Å². The van der Waals surface area contributed by atoms with Gasteiger partial charge in [0.25, 0.3) is 0 Å². The van der Waals surface area contributed by atoms with Gasteiger partial charge in [-0.15, -0.1) is 0 Å². The number of hydrogen-bond acceptors (Lipinski definition) is 6. The van der Waals surface area contributed by atoms with Gasteiger partial charge in [-0.3, -0.25) is 0 Å². The van der Waals surface area contributed by atoms with Crippen LogP contribution in [0.25, 0.3) is 11.5 Å². The lowest BCUT2D eigenvalue weighted by atomic mass is 10.3. The van der Waals surface area contributed by atoms with Crippen LogP contribution < -0.4 is 10.6 Å². The first kappa shape index (κ1) is 14.7. The number of halogens is 7. The van der Waals surface area contributed by atoms with Crippen molar-refractivity contribution in [3.63, 3.8) is 0 Å². The Morgan fingerprint density at radius 2 is 1.41 bits per heavy atom. The molecule has 2 N–H and O–H groups in total. The number of aromatic nitrogens is 4. The molecule has 0 radical (unpaired) electrons. The number of anilines is 2. The molecule has 2 rings (SSSR count). The topological polar surface area (TPSA) is 75.6 Å². The van der Waals surface area contributed by atoms with Crippen LogP contribution >= 0.6 is 11.6 Å². The molecule has 2 heterocycles. The molecule has 0 spiro atoms. The maximum atomic E-state index is 13.1. The van der Waals surface area contributed by atoms with Gasteiger partial charge in [0.15, 0.2) is 5.82 Å². The van der Waals surface area contributed by atoms with Crippen LogP contribution in [-0.4, -0.2) is 44.3 Å². The summed E-state index contributed by atoms with van der Waals surface area (Å²) in [5.74, 6) is -2.87. The zero-order valence-electron chi connectivity index (χ0n) is 18.4. The SMILES string of the molecule is [2H]c1c(Cl)nc(-c2nc(NC([2H])(C)C(F)(F)F)nc(NC([2H])(C)C(F)(F)F)n2)c([2H])c1[2H]. The molecule has 0 aliphatic rings. The van der Waals surface area contributed by atoms with Gasteiger partial charge in [-0.25, -0.2) is 4.98 Å². The Bertz CT molecular complexity index is 986. The van der Waals surface area contributed by atoms with E-state index in [1.807, 2.05) is 0 Å². The Hall–Kier alpha value is -2.37. The Labute approximate surface area is 161 Å². The number of alkyl halides is 6. The molecule has 2 atom stereocenters. The molecule has 0 aliphatic carbocycles. The Balaban J connectivity index is 2.70. The van der Waals surface area contributed by atoms with Crippen LogP contribution in [0.5, 0.6) is 0 Å². The van der Waals surface area contributed by atoms with Gasteiger partial charge in [-0.2, -0.15) is 41.3 Å². The van der Waals surface area contributed by atoms with Gasteiger partial charge in [0.2, 0.25) is 11.9 Å². The van der Waals surface area contributed by atoms with Gasteiger partial charge >= 0.3 is 12.4 Å². The van der Waals surface area contributed by atoms with Crippen molar-refractivity contribution in [2.45, 2.75) is 38.2 Å². The van der Waals surface area contributed by atoms with E-state index in [2.05, 4.69) is 19.9 Å². The van der Waals surface area contributed by atoms with Gasteiger partial charge < -0.3 is 10.6 Å². The largest absolute Gasteiger partial charge is 0.408 e. The van der Waals surface area contributed by atoms with Gasteiger partial charge in [0.05, 0.1) is 6.85 Å². The fourth-order valence-electron chi connectivity index (χ4n) is 1.47. The second-order valence-corrected chi connectivity index (χ2v) is 5.29. The second-order valence-electron chi connectivity index (χ2n) is 4.93. The molecule has 2 aromatic heterocycles. The highest BCUT2D eigenvalue weighted by molar-refractivity contribution is 6.29. The van der Waals surface area contributed by atoms with Crippen molar-refractivity contribution in [1.82, 2.24) is 19.9 Å². The summed E-state index contributed by atoms with van der Waals surface area (Å²) >= 11 is 5.69. The third kappa shape index (κ3) is 5.81. The smallest absolute Gasteiger partial charge is 0.343 e. The van der Waals surface area contributed by atoms with Gasteiger partial charge in [-0.05, 0) is 25.9 Å². The summed E-state index contributed by atoms with van der Waals surface area (Å²) in [5.41, 5.74) is -0.651. The predicted molar refractivity (Wildman–Crippen MR) is 86.3 cm³/mol. The first-order valence-corrected chi connectivity index (χ1v) is 7.24. The van der Waals surface area contributed by atoms with Crippen molar-refractivity contribution >= 4 is 23.5 Å². The van der Waals surface area contributed by atoms with Gasteiger partial charge in [-0.1, -0.05) is 17.6 Å². The number of pyridine rings is 1. The average Bonchev–Trinajstić information content (AvgIpc) is 2.60. The summed E-state index contributed by atoms with van der Waals surface area (Å²) in [4.78, 5) is 14.0. The van der Waals surface area contributed by atoms with Crippen molar-refractivity contribution in [2.75, 3.05) is 10.6 Å². The Kier molecular flexibility index (Phi) is 4.18. The first-order chi connectivity index (χ1) is 14.3. The molecular weight excluding hydrogens is 402 g/mol. The van der Waals surface area contributed by atoms with E-state index in [1.165, 1.54) is 0 Å². The normalized spacial score (nSPS) is 19.5. The van der Waals surface area contributed by atoms with E-state index in [1.54, 1.807) is 10.6 Å². The molecule has 0 saturated carbocycles. The molecule has 0 fully saturated rings. The van der Waals surface area contributed by atoms with E-state index in [0.717, 1.165) is 0 Å². The molecule has 2 unspecified atom stereocenters. The zero-order chi connectivity index (χ0) is 24.9. The molecule has 27 heavy (non-hydrogen) atoms. The van der Waals surface area contributed by atoms with Crippen LogP contribution in [-0.2, 0) is 0 Å². The fraction of sp³-hybridized carbons (Fsp3) is 0.429. The van der Waals surface area contributed by atoms with E-state index in [0.29, 0.717) is 13.8 Å².